The molecule has 2 rings (SSSR count). The average Bonchev–Trinajstić information content (AvgIpc) is 2.71. The van der Waals surface area contributed by atoms with Crippen LogP contribution in [0.2, 0.25) is 0 Å². The molecule has 2 N–H and O–H groups in total. The highest BCUT2D eigenvalue weighted by molar-refractivity contribution is 7.91. The van der Waals surface area contributed by atoms with E-state index in [1.807, 2.05) is 0 Å². The Morgan fingerprint density at radius 1 is 1.32 bits per heavy atom. The molecule has 0 aliphatic rings. The molecular weight excluding hydrogens is 286 g/mol. The SMILES string of the molecule is CC(C)C(=O)Oc1ccc2cc(S(N)(=O)=O)sc2c1. The van der Waals surface area contributed by atoms with Crippen LogP contribution < -0.4 is 9.88 Å². The number of esters is 1. The Bertz CT molecular complexity index is 731. The van der Waals surface area contributed by atoms with Crippen molar-refractivity contribution in [2.75, 3.05) is 0 Å². The third-order valence-corrected chi connectivity index (χ3v) is 4.96. The van der Waals surface area contributed by atoms with Crippen LogP contribution in [0.3, 0.4) is 0 Å². The van der Waals surface area contributed by atoms with Gasteiger partial charge in [-0.25, -0.2) is 13.6 Å². The molecule has 0 fully saturated rings. The number of rotatable bonds is 3. The predicted molar refractivity (Wildman–Crippen MR) is 73.7 cm³/mol. The summed E-state index contributed by atoms with van der Waals surface area (Å²) < 4.78 is 28.5. The van der Waals surface area contributed by atoms with Crippen molar-refractivity contribution in [1.82, 2.24) is 0 Å². The van der Waals surface area contributed by atoms with Crippen molar-refractivity contribution >= 4 is 37.4 Å². The third kappa shape index (κ3) is 3.12. The van der Waals surface area contributed by atoms with Crippen LogP contribution in [-0.2, 0) is 14.8 Å². The fraction of sp³-hybridized carbons (Fsp3) is 0.250. The maximum Gasteiger partial charge on any atom is 0.313 e. The van der Waals surface area contributed by atoms with Crippen molar-refractivity contribution < 1.29 is 17.9 Å². The number of carbonyl (C=O) groups is 1. The smallest absolute Gasteiger partial charge is 0.313 e. The van der Waals surface area contributed by atoms with Gasteiger partial charge in [0.05, 0.1) is 5.92 Å². The molecule has 0 unspecified atom stereocenters. The number of hydrogen-bond donors (Lipinski definition) is 1. The highest BCUT2D eigenvalue weighted by Gasteiger charge is 2.14. The summed E-state index contributed by atoms with van der Waals surface area (Å²) in [6.07, 6.45) is 0. The van der Waals surface area contributed by atoms with Gasteiger partial charge in [0.15, 0.2) is 0 Å². The maximum absolute atomic E-state index is 11.5. The van der Waals surface area contributed by atoms with Crippen molar-refractivity contribution in [3.63, 3.8) is 0 Å². The number of thiophene rings is 1. The minimum atomic E-state index is -3.70. The number of hydrogen-bond acceptors (Lipinski definition) is 5. The third-order valence-electron chi connectivity index (χ3n) is 2.44. The second kappa shape index (κ2) is 4.92. The molecule has 0 radical (unpaired) electrons. The van der Waals surface area contributed by atoms with Crippen molar-refractivity contribution in [1.29, 1.82) is 0 Å². The summed E-state index contributed by atoms with van der Waals surface area (Å²) in [4.78, 5) is 11.5. The molecule has 0 bridgehead atoms. The first kappa shape index (κ1) is 14.0. The molecule has 5 nitrogen and oxygen atoms in total. The fourth-order valence-corrected chi connectivity index (χ4v) is 3.27. The molecule has 7 heteroatoms. The average molecular weight is 299 g/mol. The molecule has 0 amide bonds. The van der Waals surface area contributed by atoms with Gasteiger partial charge in [-0.05, 0) is 29.7 Å². The molecular formula is C12H13NO4S2. The van der Waals surface area contributed by atoms with Crippen LogP contribution in [-0.4, -0.2) is 14.4 Å². The first-order valence-corrected chi connectivity index (χ1v) is 7.92. The van der Waals surface area contributed by atoms with Crippen molar-refractivity contribution in [3.8, 4) is 5.75 Å². The van der Waals surface area contributed by atoms with E-state index >= 15 is 0 Å². The lowest BCUT2D eigenvalue weighted by molar-refractivity contribution is -0.137. The van der Waals surface area contributed by atoms with Crippen LogP contribution in [0, 0.1) is 5.92 Å². The van der Waals surface area contributed by atoms with E-state index in [4.69, 9.17) is 9.88 Å². The lowest BCUT2D eigenvalue weighted by Crippen LogP contribution is -2.14. The van der Waals surface area contributed by atoms with Gasteiger partial charge in [0.2, 0.25) is 10.0 Å². The van der Waals surface area contributed by atoms with Crippen LogP contribution in [0.1, 0.15) is 13.8 Å². The maximum atomic E-state index is 11.5. The van der Waals surface area contributed by atoms with Gasteiger partial charge in [0.25, 0.3) is 0 Å². The van der Waals surface area contributed by atoms with Gasteiger partial charge < -0.3 is 4.74 Å². The summed E-state index contributed by atoms with van der Waals surface area (Å²) in [5.74, 6) is -0.157. The molecule has 0 saturated heterocycles. The van der Waals surface area contributed by atoms with Crippen LogP contribution in [0.15, 0.2) is 28.5 Å². The number of fused-ring (bicyclic) bond motifs is 1. The molecule has 0 aliphatic heterocycles. The highest BCUT2D eigenvalue weighted by atomic mass is 32.2. The number of carbonyl (C=O) groups excluding carboxylic acids is 1. The van der Waals surface area contributed by atoms with E-state index in [0.29, 0.717) is 10.4 Å². The standard InChI is InChI=1S/C12H13NO4S2/c1-7(2)12(14)17-9-4-3-8-5-11(19(13,15)16)18-10(8)6-9/h3-7H,1-2H3,(H2,13,15,16). The van der Waals surface area contributed by atoms with Crippen LogP contribution in [0.25, 0.3) is 10.1 Å². The van der Waals surface area contributed by atoms with Gasteiger partial charge in [-0.2, -0.15) is 0 Å². The molecule has 0 atom stereocenters. The van der Waals surface area contributed by atoms with Gasteiger partial charge >= 0.3 is 5.97 Å². The number of nitrogens with two attached hydrogens (primary N) is 1. The Balaban J connectivity index is 2.38. The van der Waals surface area contributed by atoms with Gasteiger partial charge in [-0.15, -0.1) is 11.3 Å². The molecule has 1 aromatic carbocycles. The van der Waals surface area contributed by atoms with Gasteiger partial charge in [0.1, 0.15) is 9.96 Å². The van der Waals surface area contributed by atoms with Crippen LogP contribution in [0.4, 0.5) is 0 Å². The molecule has 102 valence electrons. The lowest BCUT2D eigenvalue weighted by Gasteiger charge is -2.06. The zero-order valence-electron chi connectivity index (χ0n) is 10.4. The Labute approximate surface area is 115 Å². The largest absolute Gasteiger partial charge is 0.426 e. The monoisotopic (exact) mass is 299 g/mol. The minimum absolute atomic E-state index is 0.0924. The highest BCUT2D eigenvalue weighted by Crippen LogP contribution is 2.31. The first-order valence-electron chi connectivity index (χ1n) is 5.55. The predicted octanol–water partition coefficient (Wildman–Crippen LogP) is 2.11. The molecule has 19 heavy (non-hydrogen) atoms. The summed E-state index contributed by atoms with van der Waals surface area (Å²) in [7, 11) is -3.70. The zero-order chi connectivity index (χ0) is 14.2. The normalized spacial score (nSPS) is 12.0. The summed E-state index contributed by atoms with van der Waals surface area (Å²) in [5.41, 5.74) is 0. The van der Waals surface area contributed by atoms with E-state index in [1.54, 1.807) is 32.0 Å². The van der Waals surface area contributed by atoms with Crippen molar-refractivity contribution in [2.24, 2.45) is 11.1 Å². The summed E-state index contributed by atoms with van der Waals surface area (Å²) in [6, 6.07) is 6.46. The molecule has 0 spiro atoms. The second-order valence-electron chi connectivity index (χ2n) is 4.39. The molecule has 2 aromatic rings. The quantitative estimate of drug-likeness (QED) is 0.694. The van der Waals surface area contributed by atoms with Crippen LogP contribution in [0.5, 0.6) is 5.75 Å². The number of primary sulfonamides is 1. The van der Waals surface area contributed by atoms with Crippen LogP contribution >= 0.6 is 11.3 Å². The molecule has 0 saturated carbocycles. The Morgan fingerprint density at radius 2 is 2.00 bits per heavy atom. The fourth-order valence-electron chi connectivity index (χ4n) is 1.42. The topological polar surface area (TPSA) is 86.5 Å². The summed E-state index contributed by atoms with van der Waals surface area (Å²) >= 11 is 1.05. The number of ether oxygens (including phenoxy) is 1. The minimum Gasteiger partial charge on any atom is -0.426 e. The lowest BCUT2D eigenvalue weighted by atomic mass is 10.2. The summed E-state index contributed by atoms with van der Waals surface area (Å²) in [5, 5.41) is 5.82. The number of sulfonamides is 1. The summed E-state index contributed by atoms with van der Waals surface area (Å²) in [6.45, 7) is 3.48. The van der Waals surface area contributed by atoms with E-state index < -0.39 is 10.0 Å². The van der Waals surface area contributed by atoms with E-state index in [9.17, 15) is 13.2 Å². The Hall–Kier alpha value is -1.44. The molecule has 1 aromatic heterocycles. The van der Waals surface area contributed by atoms with E-state index in [1.165, 1.54) is 6.07 Å². The van der Waals surface area contributed by atoms with Gasteiger partial charge in [-0.1, -0.05) is 13.8 Å². The van der Waals surface area contributed by atoms with E-state index in [0.717, 1.165) is 16.7 Å². The van der Waals surface area contributed by atoms with E-state index in [2.05, 4.69) is 0 Å². The Morgan fingerprint density at radius 3 is 2.58 bits per heavy atom. The second-order valence-corrected chi connectivity index (χ2v) is 7.26. The Kier molecular flexibility index (Phi) is 3.62. The van der Waals surface area contributed by atoms with Gasteiger partial charge in [0, 0.05) is 4.70 Å². The van der Waals surface area contributed by atoms with Crippen molar-refractivity contribution in [2.45, 2.75) is 18.1 Å². The molecule has 1 heterocycles. The molecule has 0 aliphatic carbocycles. The van der Waals surface area contributed by atoms with Gasteiger partial charge in [-0.3, -0.25) is 4.79 Å². The zero-order valence-corrected chi connectivity index (χ0v) is 12.0. The van der Waals surface area contributed by atoms with E-state index in [-0.39, 0.29) is 16.1 Å². The van der Waals surface area contributed by atoms with Crippen molar-refractivity contribution in [3.05, 3.63) is 24.3 Å². The number of benzene rings is 1. The first-order chi connectivity index (χ1) is 8.77.